The molecule has 1 saturated heterocycles. The van der Waals surface area contributed by atoms with Gasteiger partial charge in [-0.05, 0) is 74.2 Å². The normalized spacial score (nSPS) is 14.6. The molecule has 1 aliphatic rings. The van der Waals surface area contributed by atoms with E-state index in [1.54, 1.807) is 12.1 Å². The summed E-state index contributed by atoms with van der Waals surface area (Å²) in [7, 11) is 0. The first-order chi connectivity index (χ1) is 14.2. The Hall–Kier alpha value is -2.40. The Kier molecular flexibility index (Phi) is 8.05. The largest absolute Gasteiger partial charge is 0.494 e. The molecule has 2 aromatic carbocycles. The molecular weight excluding hydrogens is 367 g/mol. The van der Waals surface area contributed by atoms with Crippen LogP contribution < -0.4 is 10.1 Å². The second kappa shape index (κ2) is 11.0. The molecule has 156 valence electrons. The molecule has 0 aromatic heterocycles. The van der Waals surface area contributed by atoms with Crippen molar-refractivity contribution >= 4 is 5.91 Å². The molecule has 1 heterocycles. The van der Waals surface area contributed by atoms with Crippen molar-refractivity contribution in [2.45, 2.75) is 45.1 Å². The third-order valence-electron chi connectivity index (χ3n) is 5.38. The summed E-state index contributed by atoms with van der Waals surface area (Å²) in [6, 6.07) is 14.6. The Labute approximate surface area is 173 Å². The van der Waals surface area contributed by atoms with Crippen molar-refractivity contribution in [1.82, 2.24) is 10.2 Å². The van der Waals surface area contributed by atoms with E-state index >= 15 is 0 Å². The first-order valence-corrected chi connectivity index (χ1v) is 10.6. The van der Waals surface area contributed by atoms with Gasteiger partial charge in [0.25, 0.3) is 0 Å². The van der Waals surface area contributed by atoms with Gasteiger partial charge in [0.1, 0.15) is 11.6 Å². The van der Waals surface area contributed by atoms with Gasteiger partial charge in [-0.1, -0.05) is 31.2 Å². The van der Waals surface area contributed by atoms with Crippen molar-refractivity contribution in [3.8, 4) is 5.75 Å². The number of hydrogen-bond donors (Lipinski definition) is 1. The Bertz CT molecular complexity index is 755. The zero-order chi connectivity index (χ0) is 20.5. The third-order valence-corrected chi connectivity index (χ3v) is 5.38. The highest BCUT2D eigenvalue weighted by Gasteiger charge is 2.25. The molecule has 5 heteroatoms. The molecule has 0 bridgehead atoms. The minimum absolute atomic E-state index is 0.154. The van der Waals surface area contributed by atoms with Crippen LogP contribution in [0.1, 0.15) is 37.3 Å². The van der Waals surface area contributed by atoms with E-state index in [0.717, 1.165) is 55.6 Å². The van der Waals surface area contributed by atoms with Crippen LogP contribution in [-0.2, 0) is 17.6 Å². The predicted octanol–water partition coefficient (Wildman–Crippen LogP) is 3.98. The van der Waals surface area contributed by atoms with Crippen molar-refractivity contribution in [3.05, 3.63) is 65.5 Å². The first-order valence-electron chi connectivity index (χ1n) is 10.6. The van der Waals surface area contributed by atoms with Gasteiger partial charge in [0.05, 0.1) is 13.0 Å². The van der Waals surface area contributed by atoms with Crippen molar-refractivity contribution in [2.75, 3.05) is 26.2 Å². The van der Waals surface area contributed by atoms with Gasteiger partial charge in [-0.15, -0.1) is 0 Å². The molecule has 0 atom stereocenters. The molecule has 1 amide bonds. The monoisotopic (exact) mass is 398 g/mol. The molecule has 1 fully saturated rings. The molecule has 2 aromatic rings. The van der Waals surface area contributed by atoms with Crippen LogP contribution in [0.15, 0.2) is 48.5 Å². The average Bonchev–Trinajstić information content (AvgIpc) is 2.75. The van der Waals surface area contributed by atoms with Crippen molar-refractivity contribution in [2.24, 2.45) is 0 Å². The summed E-state index contributed by atoms with van der Waals surface area (Å²) in [5.74, 6) is 0.766. The quantitative estimate of drug-likeness (QED) is 0.695. The van der Waals surface area contributed by atoms with Crippen LogP contribution in [0.3, 0.4) is 0 Å². The van der Waals surface area contributed by atoms with Crippen LogP contribution in [0.4, 0.5) is 4.39 Å². The number of hydrogen-bond acceptors (Lipinski definition) is 3. The Balaban J connectivity index is 1.64. The molecule has 0 radical (unpaired) electrons. The third kappa shape index (κ3) is 6.57. The summed E-state index contributed by atoms with van der Waals surface area (Å²) < 4.78 is 18.8. The average molecular weight is 399 g/mol. The second-order valence-corrected chi connectivity index (χ2v) is 7.61. The molecule has 29 heavy (non-hydrogen) atoms. The second-order valence-electron chi connectivity index (χ2n) is 7.61. The highest BCUT2D eigenvalue weighted by Crippen LogP contribution is 2.18. The topological polar surface area (TPSA) is 41.6 Å². The van der Waals surface area contributed by atoms with E-state index < -0.39 is 0 Å². The Morgan fingerprint density at radius 2 is 1.72 bits per heavy atom. The van der Waals surface area contributed by atoms with Crippen molar-refractivity contribution in [3.63, 3.8) is 0 Å². The zero-order valence-corrected chi connectivity index (χ0v) is 17.2. The number of nitrogens with zero attached hydrogens (tertiary/aromatic N) is 1. The fourth-order valence-corrected chi connectivity index (χ4v) is 3.73. The molecule has 0 aliphatic carbocycles. The summed E-state index contributed by atoms with van der Waals surface area (Å²) in [6.07, 6.45) is 4.04. The summed E-state index contributed by atoms with van der Waals surface area (Å²) in [4.78, 5) is 15.2. The highest BCUT2D eigenvalue weighted by molar-refractivity contribution is 5.79. The SMILES string of the molecule is CCCOc1ccc(CC(=O)N(CCc2ccc(F)cc2)C2CCNCC2)cc1. The fraction of sp³-hybridized carbons (Fsp3) is 0.458. The zero-order valence-electron chi connectivity index (χ0n) is 17.2. The number of benzene rings is 2. The first kappa shape index (κ1) is 21.3. The lowest BCUT2D eigenvalue weighted by atomic mass is 10.0. The van der Waals surface area contributed by atoms with Crippen LogP contribution in [-0.4, -0.2) is 43.1 Å². The highest BCUT2D eigenvalue weighted by atomic mass is 19.1. The molecule has 4 nitrogen and oxygen atoms in total. The minimum Gasteiger partial charge on any atom is -0.494 e. The van der Waals surface area contributed by atoms with Crippen LogP contribution in [0.25, 0.3) is 0 Å². The van der Waals surface area contributed by atoms with Gasteiger partial charge in [-0.2, -0.15) is 0 Å². The number of nitrogens with one attached hydrogen (secondary N) is 1. The summed E-state index contributed by atoms with van der Waals surface area (Å²) in [6.45, 7) is 5.31. The Morgan fingerprint density at radius 1 is 1.07 bits per heavy atom. The summed E-state index contributed by atoms with van der Waals surface area (Å²) in [5.41, 5.74) is 2.05. The molecule has 0 saturated carbocycles. The van der Waals surface area contributed by atoms with Gasteiger partial charge in [-0.25, -0.2) is 4.39 Å². The standard InChI is InChI=1S/C24H31FN2O2/c1-2-17-29-23-9-5-20(6-10-23)18-24(28)27(22-11-14-26-15-12-22)16-13-19-3-7-21(25)8-4-19/h3-10,22,26H,2,11-18H2,1H3. The van der Waals surface area contributed by atoms with E-state index in [2.05, 4.69) is 12.2 Å². The fourth-order valence-electron chi connectivity index (χ4n) is 3.73. The van der Waals surface area contributed by atoms with Crippen LogP contribution in [0, 0.1) is 5.82 Å². The lowest BCUT2D eigenvalue weighted by molar-refractivity contribution is -0.133. The number of amides is 1. The van der Waals surface area contributed by atoms with Gasteiger partial charge in [0, 0.05) is 12.6 Å². The number of rotatable bonds is 9. The predicted molar refractivity (Wildman–Crippen MR) is 114 cm³/mol. The van der Waals surface area contributed by atoms with E-state index in [0.29, 0.717) is 19.6 Å². The van der Waals surface area contributed by atoms with Crippen LogP contribution in [0.5, 0.6) is 5.75 Å². The van der Waals surface area contributed by atoms with Gasteiger partial charge in [-0.3, -0.25) is 4.79 Å². The van der Waals surface area contributed by atoms with Gasteiger partial charge in [0.15, 0.2) is 0 Å². The number of halogens is 1. The number of carbonyl (C=O) groups is 1. The van der Waals surface area contributed by atoms with Gasteiger partial charge >= 0.3 is 0 Å². The van der Waals surface area contributed by atoms with E-state index in [-0.39, 0.29) is 17.8 Å². The Morgan fingerprint density at radius 3 is 2.38 bits per heavy atom. The summed E-state index contributed by atoms with van der Waals surface area (Å²) in [5, 5.41) is 3.37. The molecule has 0 unspecified atom stereocenters. The van der Waals surface area contributed by atoms with E-state index in [9.17, 15) is 9.18 Å². The lowest BCUT2D eigenvalue weighted by Gasteiger charge is -2.35. The van der Waals surface area contributed by atoms with Gasteiger partial charge < -0.3 is 15.0 Å². The number of ether oxygens (including phenoxy) is 1. The molecular formula is C24H31FN2O2. The number of carbonyl (C=O) groups excluding carboxylic acids is 1. The molecule has 1 N–H and O–H groups in total. The smallest absolute Gasteiger partial charge is 0.227 e. The number of piperidine rings is 1. The van der Waals surface area contributed by atoms with Crippen LogP contribution in [0.2, 0.25) is 0 Å². The van der Waals surface area contributed by atoms with Crippen molar-refractivity contribution < 1.29 is 13.9 Å². The van der Waals surface area contributed by atoms with Gasteiger partial charge in [0.2, 0.25) is 5.91 Å². The molecule has 1 aliphatic heterocycles. The van der Waals surface area contributed by atoms with Crippen molar-refractivity contribution in [1.29, 1.82) is 0 Å². The maximum absolute atomic E-state index is 13.2. The van der Waals surface area contributed by atoms with E-state index in [1.807, 2.05) is 29.2 Å². The van der Waals surface area contributed by atoms with E-state index in [1.165, 1.54) is 12.1 Å². The minimum atomic E-state index is -0.230. The molecule has 3 rings (SSSR count). The maximum Gasteiger partial charge on any atom is 0.227 e. The summed E-state index contributed by atoms with van der Waals surface area (Å²) >= 11 is 0. The lowest BCUT2D eigenvalue weighted by Crippen LogP contribution is -2.47. The molecule has 0 spiro atoms. The van der Waals surface area contributed by atoms with E-state index in [4.69, 9.17) is 4.74 Å². The maximum atomic E-state index is 13.2. The van der Waals surface area contributed by atoms with Crippen LogP contribution >= 0.6 is 0 Å².